The van der Waals surface area contributed by atoms with Crippen LogP contribution in [0.15, 0.2) is 22.9 Å². The van der Waals surface area contributed by atoms with Crippen molar-refractivity contribution in [3.8, 4) is 0 Å². The number of ketones is 2. The molecule has 0 heterocycles. The Morgan fingerprint density at radius 1 is 1.21 bits per heavy atom. The number of carbonyl (C=O) groups excluding carboxylic acids is 2. The Morgan fingerprint density at radius 3 is 2.67 bits per heavy atom. The summed E-state index contributed by atoms with van der Waals surface area (Å²) in [6, 6.07) is 0. The van der Waals surface area contributed by atoms with Crippen molar-refractivity contribution in [3.05, 3.63) is 22.9 Å². The molecule has 2 saturated carbocycles. The van der Waals surface area contributed by atoms with Crippen molar-refractivity contribution >= 4 is 11.6 Å². The summed E-state index contributed by atoms with van der Waals surface area (Å²) in [5.74, 6) is 1.92. The Hall–Kier alpha value is -1.38. The molecule has 0 aromatic rings. The minimum atomic E-state index is -0.0173. The van der Waals surface area contributed by atoms with Gasteiger partial charge in [0.1, 0.15) is 5.78 Å². The molecular weight excluding hydrogens is 298 g/mol. The summed E-state index contributed by atoms with van der Waals surface area (Å²) >= 11 is 0. The molecule has 2 N–H and O–H groups in total. The molecule has 0 amide bonds. The molecular formula is C21H29NO2. The van der Waals surface area contributed by atoms with Gasteiger partial charge >= 0.3 is 0 Å². The van der Waals surface area contributed by atoms with E-state index >= 15 is 0 Å². The maximum Gasteiger partial charge on any atom is 0.178 e. The molecule has 0 aliphatic heterocycles. The lowest BCUT2D eigenvalue weighted by molar-refractivity contribution is -0.124. The average Bonchev–Trinajstić information content (AvgIpc) is 2.89. The summed E-state index contributed by atoms with van der Waals surface area (Å²) in [7, 11) is 0. The highest BCUT2D eigenvalue weighted by Crippen LogP contribution is 2.64. The SMILES string of the molecule is CC(=O)[C@H]1CC[C@H]2[C@@H]3CCC4=C(N)C(=O)CC[C@]4(C)C3=CC[C@]12C. The number of hydrogen-bond donors (Lipinski definition) is 1. The van der Waals surface area contributed by atoms with E-state index in [1.165, 1.54) is 17.6 Å². The van der Waals surface area contributed by atoms with Gasteiger partial charge in [-0.05, 0) is 68.3 Å². The molecule has 4 aliphatic carbocycles. The lowest BCUT2D eigenvalue weighted by Gasteiger charge is -2.53. The standard InChI is InChI=1S/C21H29NO2/c1-12(23)14-6-7-15-13-4-5-17-19(22)18(24)9-11-21(17,3)16(13)8-10-20(14,15)2/h8,13-15H,4-7,9-11,22H2,1-3H3/t13-,14+,15-,20+,21+/m0/s1. The van der Waals surface area contributed by atoms with Crippen LogP contribution in [0.4, 0.5) is 0 Å². The molecule has 4 aliphatic rings. The fourth-order valence-electron chi connectivity index (χ4n) is 6.72. The van der Waals surface area contributed by atoms with Crippen LogP contribution in [0.25, 0.3) is 0 Å². The maximum atomic E-state index is 12.2. The molecule has 3 nitrogen and oxygen atoms in total. The monoisotopic (exact) mass is 327 g/mol. The first-order valence-electron chi connectivity index (χ1n) is 9.52. The second-order valence-electron chi connectivity index (χ2n) is 9.01. The summed E-state index contributed by atoms with van der Waals surface area (Å²) in [5, 5.41) is 0. The predicted octanol–water partition coefficient (Wildman–Crippen LogP) is 3.93. The lowest BCUT2D eigenvalue weighted by Crippen LogP contribution is -2.46. The van der Waals surface area contributed by atoms with Crippen molar-refractivity contribution in [1.82, 2.24) is 0 Å². The van der Waals surface area contributed by atoms with Gasteiger partial charge in [-0.15, -0.1) is 0 Å². The first-order valence-corrected chi connectivity index (χ1v) is 9.52. The van der Waals surface area contributed by atoms with Gasteiger partial charge in [-0.25, -0.2) is 0 Å². The van der Waals surface area contributed by atoms with E-state index in [0.29, 0.717) is 29.7 Å². The van der Waals surface area contributed by atoms with Crippen LogP contribution in [-0.2, 0) is 9.59 Å². The van der Waals surface area contributed by atoms with Gasteiger partial charge in [-0.2, -0.15) is 0 Å². The van der Waals surface area contributed by atoms with E-state index in [-0.39, 0.29) is 22.5 Å². The first kappa shape index (κ1) is 16.1. The van der Waals surface area contributed by atoms with Gasteiger partial charge < -0.3 is 5.73 Å². The molecule has 0 bridgehead atoms. The van der Waals surface area contributed by atoms with Crippen molar-refractivity contribution in [2.75, 3.05) is 0 Å². The third-order valence-electron chi connectivity index (χ3n) is 8.03. The second-order valence-corrected chi connectivity index (χ2v) is 9.01. The van der Waals surface area contributed by atoms with Gasteiger partial charge in [0, 0.05) is 17.8 Å². The van der Waals surface area contributed by atoms with Crippen LogP contribution < -0.4 is 5.73 Å². The fourth-order valence-corrected chi connectivity index (χ4v) is 6.72. The van der Waals surface area contributed by atoms with Gasteiger partial charge in [0.2, 0.25) is 0 Å². The van der Waals surface area contributed by atoms with Crippen molar-refractivity contribution < 1.29 is 9.59 Å². The average molecular weight is 327 g/mol. The molecule has 3 heteroatoms. The number of carbonyl (C=O) groups is 2. The molecule has 0 spiro atoms. The highest BCUT2D eigenvalue weighted by atomic mass is 16.1. The van der Waals surface area contributed by atoms with Crippen LogP contribution >= 0.6 is 0 Å². The molecule has 0 radical (unpaired) electrons. The van der Waals surface area contributed by atoms with Crippen molar-refractivity contribution in [2.45, 2.75) is 65.7 Å². The van der Waals surface area contributed by atoms with E-state index in [2.05, 4.69) is 19.9 Å². The minimum absolute atomic E-state index is 0.0173. The van der Waals surface area contributed by atoms with E-state index in [9.17, 15) is 9.59 Å². The van der Waals surface area contributed by atoms with E-state index in [0.717, 1.165) is 32.1 Å². The van der Waals surface area contributed by atoms with E-state index in [1.807, 2.05) is 0 Å². The Labute approximate surface area is 144 Å². The number of Topliss-reactive ketones (excluding diaryl/α,β-unsaturated/α-hetero) is 2. The van der Waals surface area contributed by atoms with Crippen molar-refractivity contribution in [2.24, 2.45) is 34.3 Å². The largest absolute Gasteiger partial charge is 0.396 e. The van der Waals surface area contributed by atoms with Gasteiger partial charge in [-0.3, -0.25) is 9.59 Å². The number of nitrogens with two attached hydrogens (primary N) is 1. The van der Waals surface area contributed by atoms with Crippen LogP contribution in [-0.4, -0.2) is 11.6 Å². The Balaban J connectivity index is 1.77. The summed E-state index contributed by atoms with van der Waals surface area (Å²) in [5.41, 5.74) is 9.59. The predicted molar refractivity (Wildman–Crippen MR) is 94.0 cm³/mol. The van der Waals surface area contributed by atoms with Gasteiger partial charge in [-0.1, -0.05) is 25.5 Å². The van der Waals surface area contributed by atoms with Crippen molar-refractivity contribution in [1.29, 1.82) is 0 Å². The number of fused-ring (bicyclic) bond motifs is 5. The summed E-state index contributed by atoms with van der Waals surface area (Å²) < 4.78 is 0. The number of hydrogen-bond acceptors (Lipinski definition) is 3. The third-order valence-corrected chi connectivity index (χ3v) is 8.03. The maximum absolute atomic E-state index is 12.2. The molecule has 5 atom stereocenters. The number of allylic oxidation sites excluding steroid dienone is 4. The van der Waals surface area contributed by atoms with Crippen LogP contribution in [0.1, 0.15) is 65.7 Å². The Kier molecular flexibility index (Phi) is 3.40. The Bertz CT molecular complexity index is 688. The zero-order valence-electron chi connectivity index (χ0n) is 15.2. The van der Waals surface area contributed by atoms with Crippen LogP contribution in [0, 0.1) is 28.6 Å². The molecule has 0 aromatic carbocycles. The topological polar surface area (TPSA) is 60.2 Å². The Morgan fingerprint density at radius 2 is 1.96 bits per heavy atom. The fraction of sp³-hybridized carbons (Fsp3) is 0.714. The van der Waals surface area contributed by atoms with Crippen LogP contribution in [0.5, 0.6) is 0 Å². The second kappa shape index (κ2) is 5.06. The molecule has 2 fully saturated rings. The van der Waals surface area contributed by atoms with Gasteiger partial charge in [0.15, 0.2) is 5.78 Å². The number of rotatable bonds is 1. The summed E-state index contributed by atoms with van der Waals surface area (Å²) in [6.45, 7) is 6.42. The van der Waals surface area contributed by atoms with Gasteiger partial charge in [0.25, 0.3) is 0 Å². The van der Waals surface area contributed by atoms with E-state index < -0.39 is 0 Å². The van der Waals surface area contributed by atoms with Crippen molar-refractivity contribution in [3.63, 3.8) is 0 Å². The zero-order chi connectivity index (χ0) is 17.3. The van der Waals surface area contributed by atoms with E-state index in [4.69, 9.17) is 5.73 Å². The van der Waals surface area contributed by atoms with Crippen LogP contribution in [0.2, 0.25) is 0 Å². The smallest absolute Gasteiger partial charge is 0.178 e. The molecule has 0 aromatic heterocycles. The minimum Gasteiger partial charge on any atom is -0.396 e. The van der Waals surface area contributed by atoms with Crippen LogP contribution in [0.3, 0.4) is 0 Å². The molecule has 0 unspecified atom stereocenters. The lowest BCUT2D eigenvalue weighted by atomic mass is 9.51. The summed E-state index contributed by atoms with van der Waals surface area (Å²) in [4.78, 5) is 24.2. The first-order chi connectivity index (χ1) is 11.3. The van der Waals surface area contributed by atoms with E-state index in [1.54, 1.807) is 6.92 Å². The highest BCUT2D eigenvalue weighted by molar-refractivity contribution is 5.96. The quantitative estimate of drug-likeness (QED) is 0.742. The molecule has 24 heavy (non-hydrogen) atoms. The summed E-state index contributed by atoms with van der Waals surface area (Å²) in [6.07, 6.45) is 9.19. The third kappa shape index (κ3) is 1.90. The normalized spacial score (nSPS) is 44.5. The molecule has 130 valence electrons. The zero-order valence-corrected chi connectivity index (χ0v) is 15.2. The molecule has 4 rings (SSSR count). The highest BCUT2D eigenvalue weighted by Gasteiger charge is 2.57. The molecule has 0 saturated heterocycles. The van der Waals surface area contributed by atoms with Gasteiger partial charge in [0.05, 0.1) is 5.70 Å².